The van der Waals surface area contributed by atoms with E-state index in [1.54, 1.807) is 24.4 Å². The summed E-state index contributed by atoms with van der Waals surface area (Å²) in [5.41, 5.74) is 4.54. The van der Waals surface area contributed by atoms with E-state index in [9.17, 15) is 4.79 Å². The molecule has 0 spiro atoms. The number of nitrogens with zero attached hydrogens (tertiary/aromatic N) is 3. The molecule has 124 valence electrons. The first-order valence-corrected chi connectivity index (χ1v) is 8.37. The molecule has 6 heteroatoms. The van der Waals surface area contributed by atoms with E-state index in [2.05, 4.69) is 15.1 Å². The highest BCUT2D eigenvalue weighted by atomic mass is 35.5. The average molecular weight is 351 g/mol. The van der Waals surface area contributed by atoms with Crippen LogP contribution < -0.4 is 5.56 Å². The number of fused-ring (bicyclic) bond motifs is 1. The molecule has 3 aromatic heterocycles. The van der Waals surface area contributed by atoms with Crippen LogP contribution in [0.3, 0.4) is 0 Å². The Morgan fingerprint density at radius 2 is 1.96 bits per heavy atom. The number of benzene rings is 1. The van der Waals surface area contributed by atoms with E-state index in [1.807, 2.05) is 37.3 Å². The van der Waals surface area contributed by atoms with Crippen LogP contribution in [0.5, 0.6) is 0 Å². The number of halogens is 1. The fourth-order valence-corrected chi connectivity index (χ4v) is 3.02. The standard InChI is InChI=1S/C19H15ClN4O/c1-2-14-18(15-5-3-4-10-21-15)19-22-16(11-17(25)24(19)23-14)12-6-8-13(20)9-7-12/h3-11,22H,2H2,1H3. The molecular formula is C19H15ClN4O. The average Bonchev–Trinajstić information content (AvgIpc) is 3.02. The van der Waals surface area contributed by atoms with Crippen molar-refractivity contribution < 1.29 is 0 Å². The summed E-state index contributed by atoms with van der Waals surface area (Å²) >= 11 is 5.96. The summed E-state index contributed by atoms with van der Waals surface area (Å²) in [4.78, 5) is 20.4. The monoisotopic (exact) mass is 350 g/mol. The van der Waals surface area contributed by atoms with Gasteiger partial charge in [-0.1, -0.05) is 36.7 Å². The summed E-state index contributed by atoms with van der Waals surface area (Å²) in [6, 6.07) is 14.6. The number of aromatic amines is 1. The Labute approximate surface area is 148 Å². The molecule has 0 aliphatic rings. The molecule has 1 N–H and O–H groups in total. The predicted molar refractivity (Wildman–Crippen MR) is 98.9 cm³/mol. The first kappa shape index (κ1) is 15.6. The summed E-state index contributed by atoms with van der Waals surface area (Å²) in [6.07, 6.45) is 2.44. The van der Waals surface area contributed by atoms with Gasteiger partial charge in [0.2, 0.25) is 0 Å². The SMILES string of the molecule is CCc1nn2c(=O)cc(-c3ccc(Cl)cc3)[nH]c2c1-c1ccccn1. The van der Waals surface area contributed by atoms with Gasteiger partial charge in [0.05, 0.1) is 22.6 Å². The molecule has 0 aliphatic heterocycles. The summed E-state index contributed by atoms with van der Waals surface area (Å²) in [6.45, 7) is 2.01. The number of aromatic nitrogens is 4. The van der Waals surface area contributed by atoms with E-state index < -0.39 is 0 Å². The molecule has 0 saturated carbocycles. The molecule has 25 heavy (non-hydrogen) atoms. The van der Waals surface area contributed by atoms with Crippen LogP contribution in [0, 0.1) is 0 Å². The van der Waals surface area contributed by atoms with E-state index in [1.165, 1.54) is 4.52 Å². The molecule has 4 aromatic rings. The topological polar surface area (TPSA) is 63.1 Å². The zero-order valence-electron chi connectivity index (χ0n) is 13.5. The van der Waals surface area contributed by atoms with Crippen molar-refractivity contribution in [1.29, 1.82) is 0 Å². The maximum absolute atomic E-state index is 12.6. The van der Waals surface area contributed by atoms with Crippen LogP contribution in [0.4, 0.5) is 0 Å². The minimum atomic E-state index is -0.185. The van der Waals surface area contributed by atoms with Crippen LogP contribution in [0.15, 0.2) is 59.5 Å². The third kappa shape index (κ3) is 2.72. The summed E-state index contributed by atoms with van der Waals surface area (Å²) in [7, 11) is 0. The molecule has 4 rings (SSSR count). The van der Waals surface area contributed by atoms with Gasteiger partial charge in [0.25, 0.3) is 5.56 Å². The van der Waals surface area contributed by atoms with Crippen LogP contribution in [0.25, 0.3) is 28.2 Å². The van der Waals surface area contributed by atoms with Gasteiger partial charge in [-0.25, -0.2) is 0 Å². The summed E-state index contributed by atoms with van der Waals surface area (Å²) in [5.74, 6) is 0. The zero-order chi connectivity index (χ0) is 17.4. The van der Waals surface area contributed by atoms with Crippen LogP contribution in [0.1, 0.15) is 12.6 Å². The van der Waals surface area contributed by atoms with Gasteiger partial charge >= 0.3 is 0 Å². The Balaban J connectivity index is 2.01. The molecule has 0 atom stereocenters. The van der Waals surface area contributed by atoms with E-state index in [4.69, 9.17) is 11.6 Å². The second-order valence-corrected chi connectivity index (χ2v) is 6.12. The molecule has 0 radical (unpaired) electrons. The van der Waals surface area contributed by atoms with Gasteiger partial charge in [0.15, 0.2) is 0 Å². The number of nitrogens with one attached hydrogen (secondary N) is 1. The van der Waals surface area contributed by atoms with E-state index >= 15 is 0 Å². The predicted octanol–water partition coefficient (Wildman–Crippen LogP) is 3.97. The Morgan fingerprint density at radius 3 is 2.64 bits per heavy atom. The molecule has 0 bridgehead atoms. The van der Waals surface area contributed by atoms with Crippen LogP contribution >= 0.6 is 11.6 Å². The lowest BCUT2D eigenvalue weighted by atomic mass is 10.1. The van der Waals surface area contributed by atoms with Gasteiger partial charge in [-0.15, -0.1) is 0 Å². The van der Waals surface area contributed by atoms with E-state index in [0.717, 1.165) is 22.5 Å². The van der Waals surface area contributed by atoms with Crippen molar-refractivity contribution in [2.24, 2.45) is 0 Å². The molecule has 0 saturated heterocycles. The van der Waals surface area contributed by atoms with Gasteiger partial charge in [0, 0.05) is 17.3 Å². The lowest BCUT2D eigenvalue weighted by Gasteiger charge is -2.05. The van der Waals surface area contributed by atoms with Crippen molar-refractivity contribution in [3.8, 4) is 22.5 Å². The number of H-pyrrole nitrogens is 1. The summed E-state index contributed by atoms with van der Waals surface area (Å²) < 4.78 is 1.41. The third-order valence-corrected chi connectivity index (χ3v) is 4.35. The number of hydrogen-bond donors (Lipinski definition) is 1. The van der Waals surface area contributed by atoms with Crippen LogP contribution in [-0.4, -0.2) is 19.6 Å². The Hall–Kier alpha value is -2.92. The van der Waals surface area contributed by atoms with Crippen LogP contribution in [-0.2, 0) is 6.42 Å². The largest absolute Gasteiger partial charge is 0.339 e. The molecule has 3 heterocycles. The van der Waals surface area contributed by atoms with Crippen LogP contribution in [0.2, 0.25) is 5.02 Å². The quantitative estimate of drug-likeness (QED) is 0.608. The number of hydrogen-bond acceptors (Lipinski definition) is 3. The second kappa shape index (κ2) is 6.18. The van der Waals surface area contributed by atoms with Gasteiger partial charge in [0.1, 0.15) is 5.65 Å². The Bertz CT molecular complexity index is 1100. The Morgan fingerprint density at radius 1 is 1.16 bits per heavy atom. The maximum atomic E-state index is 12.6. The lowest BCUT2D eigenvalue weighted by Crippen LogP contribution is -2.14. The van der Waals surface area contributed by atoms with Gasteiger partial charge in [-0.3, -0.25) is 9.78 Å². The molecule has 0 aliphatic carbocycles. The molecule has 0 amide bonds. The smallest absolute Gasteiger partial charge is 0.274 e. The van der Waals surface area contributed by atoms with Gasteiger partial charge in [-0.2, -0.15) is 9.61 Å². The van der Waals surface area contributed by atoms with Crippen molar-refractivity contribution in [2.45, 2.75) is 13.3 Å². The Kier molecular flexibility index (Phi) is 3.86. The molecule has 0 unspecified atom stereocenters. The zero-order valence-corrected chi connectivity index (χ0v) is 14.3. The van der Waals surface area contributed by atoms with E-state index in [-0.39, 0.29) is 5.56 Å². The minimum Gasteiger partial charge on any atom is -0.339 e. The molecule has 5 nitrogen and oxygen atoms in total. The fourth-order valence-electron chi connectivity index (χ4n) is 2.90. The highest BCUT2D eigenvalue weighted by Crippen LogP contribution is 2.27. The third-order valence-electron chi connectivity index (χ3n) is 4.10. The van der Waals surface area contributed by atoms with Gasteiger partial charge < -0.3 is 4.98 Å². The fraction of sp³-hybridized carbons (Fsp3) is 0.105. The van der Waals surface area contributed by atoms with E-state index in [0.29, 0.717) is 22.8 Å². The second-order valence-electron chi connectivity index (χ2n) is 5.68. The highest BCUT2D eigenvalue weighted by Gasteiger charge is 2.17. The van der Waals surface area contributed by atoms with Crippen molar-refractivity contribution in [3.05, 3.63) is 75.8 Å². The molecular weight excluding hydrogens is 336 g/mol. The van der Waals surface area contributed by atoms with Gasteiger partial charge in [-0.05, 0) is 36.2 Å². The van der Waals surface area contributed by atoms with Crippen molar-refractivity contribution in [3.63, 3.8) is 0 Å². The lowest BCUT2D eigenvalue weighted by molar-refractivity contribution is 0.859. The first-order chi connectivity index (χ1) is 12.2. The maximum Gasteiger partial charge on any atom is 0.274 e. The highest BCUT2D eigenvalue weighted by molar-refractivity contribution is 6.30. The minimum absolute atomic E-state index is 0.185. The van der Waals surface area contributed by atoms with Crippen molar-refractivity contribution in [2.75, 3.05) is 0 Å². The number of aryl methyl sites for hydroxylation is 1. The number of rotatable bonds is 3. The van der Waals surface area contributed by atoms with Crippen molar-refractivity contribution >= 4 is 17.2 Å². The molecule has 1 aromatic carbocycles. The normalized spacial score (nSPS) is 11.1. The number of pyridine rings is 1. The van der Waals surface area contributed by atoms with Crippen molar-refractivity contribution in [1.82, 2.24) is 19.6 Å². The molecule has 0 fully saturated rings. The first-order valence-electron chi connectivity index (χ1n) is 7.99. The summed E-state index contributed by atoms with van der Waals surface area (Å²) in [5, 5.41) is 5.12.